The normalized spacial score (nSPS) is 10.9. The Labute approximate surface area is 161 Å². The Morgan fingerprint density at radius 2 is 1.54 bits per heavy atom. The molecule has 2 aromatic rings. The summed E-state index contributed by atoms with van der Waals surface area (Å²) in [5, 5.41) is 10.7. The van der Waals surface area contributed by atoms with E-state index in [4.69, 9.17) is 4.74 Å². The van der Waals surface area contributed by atoms with Crippen LogP contribution in [0.4, 0.5) is 11.4 Å². The van der Waals surface area contributed by atoms with Crippen molar-refractivity contribution in [1.29, 1.82) is 0 Å². The van der Waals surface area contributed by atoms with Gasteiger partial charge < -0.3 is 9.64 Å². The first-order valence-corrected chi connectivity index (χ1v) is 9.68. The van der Waals surface area contributed by atoms with Crippen molar-refractivity contribution >= 4 is 33.1 Å². The number of nitro benzene ring substituents is 1. The molecule has 0 fully saturated rings. The van der Waals surface area contributed by atoms with Crippen LogP contribution in [0.5, 0.6) is 0 Å². The number of non-ortho nitro benzene ring substituents is 1. The lowest BCUT2D eigenvalue weighted by atomic mass is 10.3. The van der Waals surface area contributed by atoms with E-state index in [2.05, 4.69) is 0 Å². The molecule has 0 spiro atoms. The van der Waals surface area contributed by atoms with Gasteiger partial charge in [0, 0.05) is 24.7 Å². The first kappa shape index (κ1) is 21.0. The fourth-order valence-corrected chi connectivity index (χ4v) is 3.67. The van der Waals surface area contributed by atoms with E-state index in [1.54, 1.807) is 6.92 Å². The Morgan fingerprint density at radius 3 is 1.96 bits per heavy atom. The number of sulfone groups is 1. The van der Waals surface area contributed by atoms with Crippen molar-refractivity contribution in [3.05, 3.63) is 58.6 Å². The summed E-state index contributed by atoms with van der Waals surface area (Å²) in [6.45, 7) is 2.81. The summed E-state index contributed by atoms with van der Waals surface area (Å²) in [6, 6.07) is 9.93. The zero-order chi connectivity index (χ0) is 20.9. The molecular formula is C18H18N2O7S. The van der Waals surface area contributed by atoms with Crippen molar-refractivity contribution in [2.24, 2.45) is 0 Å². The number of amides is 1. The van der Waals surface area contributed by atoms with E-state index in [-0.39, 0.29) is 28.6 Å². The van der Waals surface area contributed by atoms with E-state index in [1.165, 1.54) is 36.1 Å². The van der Waals surface area contributed by atoms with Gasteiger partial charge in [0.1, 0.15) is 6.54 Å². The van der Waals surface area contributed by atoms with Gasteiger partial charge in [0.05, 0.1) is 21.3 Å². The van der Waals surface area contributed by atoms with Gasteiger partial charge >= 0.3 is 5.97 Å². The molecule has 0 atom stereocenters. The third-order valence-corrected chi connectivity index (χ3v) is 5.57. The summed E-state index contributed by atoms with van der Waals surface area (Å²) in [7, 11) is -3.89. The molecule has 2 aromatic carbocycles. The third kappa shape index (κ3) is 4.71. The number of nitrogens with zero attached hydrogens (tertiary/aromatic N) is 2. The number of hydrogen-bond donors (Lipinski definition) is 0. The lowest BCUT2D eigenvalue weighted by Gasteiger charge is -2.20. The maximum absolute atomic E-state index is 12.7. The molecule has 0 saturated carbocycles. The molecule has 10 heteroatoms. The van der Waals surface area contributed by atoms with Gasteiger partial charge in [0.25, 0.3) is 5.69 Å². The molecule has 0 N–H and O–H groups in total. The molecule has 0 unspecified atom stereocenters. The van der Waals surface area contributed by atoms with Gasteiger partial charge in [-0.15, -0.1) is 0 Å². The number of esters is 1. The molecule has 148 valence electrons. The topological polar surface area (TPSA) is 124 Å². The second-order valence-electron chi connectivity index (χ2n) is 5.66. The molecule has 2 rings (SSSR count). The predicted molar refractivity (Wildman–Crippen MR) is 99.7 cm³/mol. The number of hydrogen-bond acceptors (Lipinski definition) is 7. The van der Waals surface area contributed by atoms with Crippen LogP contribution in [-0.4, -0.2) is 38.4 Å². The molecule has 0 aliphatic rings. The molecule has 1 amide bonds. The molecule has 0 bridgehead atoms. The zero-order valence-electron chi connectivity index (χ0n) is 15.2. The van der Waals surface area contributed by atoms with Gasteiger partial charge in [0.2, 0.25) is 15.7 Å². The van der Waals surface area contributed by atoms with E-state index in [9.17, 15) is 28.1 Å². The number of benzene rings is 2. The van der Waals surface area contributed by atoms with Gasteiger partial charge in [-0.2, -0.15) is 0 Å². The minimum Gasteiger partial charge on any atom is -0.465 e. The Bertz CT molecular complexity index is 984. The number of anilines is 1. The van der Waals surface area contributed by atoms with Crippen LogP contribution >= 0.6 is 0 Å². The summed E-state index contributed by atoms with van der Waals surface area (Å²) in [6.07, 6.45) is 0. The van der Waals surface area contributed by atoms with E-state index >= 15 is 0 Å². The van der Waals surface area contributed by atoms with Crippen LogP contribution in [0.1, 0.15) is 13.8 Å². The SMILES string of the molecule is CCOC(=O)CN(C(C)=O)c1ccc(S(=O)(=O)c2ccc([N+](=O)[O-])cc2)cc1. The van der Waals surface area contributed by atoms with Gasteiger partial charge in [-0.1, -0.05) is 0 Å². The molecule has 28 heavy (non-hydrogen) atoms. The quantitative estimate of drug-likeness (QED) is 0.393. The molecule has 0 aromatic heterocycles. The molecule has 0 heterocycles. The second-order valence-corrected chi connectivity index (χ2v) is 7.61. The summed E-state index contributed by atoms with van der Waals surface area (Å²) in [4.78, 5) is 34.6. The van der Waals surface area contributed by atoms with Crippen LogP contribution < -0.4 is 4.90 Å². The molecular weight excluding hydrogens is 388 g/mol. The van der Waals surface area contributed by atoms with Gasteiger partial charge in [-0.3, -0.25) is 19.7 Å². The Kier molecular flexibility index (Phi) is 6.47. The highest BCUT2D eigenvalue weighted by atomic mass is 32.2. The fourth-order valence-electron chi connectivity index (χ4n) is 2.41. The smallest absolute Gasteiger partial charge is 0.326 e. The first-order chi connectivity index (χ1) is 13.2. The van der Waals surface area contributed by atoms with Crippen molar-refractivity contribution in [2.75, 3.05) is 18.1 Å². The molecule has 0 radical (unpaired) electrons. The first-order valence-electron chi connectivity index (χ1n) is 8.20. The summed E-state index contributed by atoms with van der Waals surface area (Å²) in [5.41, 5.74) is 0.119. The van der Waals surface area contributed by atoms with Gasteiger partial charge in [0.15, 0.2) is 0 Å². The van der Waals surface area contributed by atoms with Crippen molar-refractivity contribution in [2.45, 2.75) is 23.6 Å². The summed E-state index contributed by atoms with van der Waals surface area (Å²) in [5.74, 6) is -0.987. The molecule has 0 aliphatic carbocycles. The van der Waals surface area contributed by atoms with E-state index in [0.717, 1.165) is 24.3 Å². The Morgan fingerprint density at radius 1 is 1.04 bits per heavy atom. The van der Waals surface area contributed by atoms with Crippen molar-refractivity contribution in [3.63, 3.8) is 0 Å². The van der Waals surface area contributed by atoms with E-state index in [1.807, 2.05) is 0 Å². The maximum Gasteiger partial charge on any atom is 0.326 e. The van der Waals surface area contributed by atoms with Crippen LogP contribution in [-0.2, 0) is 24.2 Å². The number of rotatable bonds is 7. The molecule has 0 saturated heterocycles. The van der Waals surface area contributed by atoms with E-state index < -0.39 is 26.6 Å². The number of nitro groups is 1. The minimum atomic E-state index is -3.89. The second kappa shape index (κ2) is 8.61. The fraction of sp³-hybridized carbons (Fsp3) is 0.222. The molecule has 9 nitrogen and oxygen atoms in total. The molecule has 0 aliphatic heterocycles. The zero-order valence-corrected chi connectivity index (χ0v) is 16.0. The predicted octanol–water partition coefficient (Wildman–Crippen LogP) is 2.34. The highest BCUT2D eigenvalue weighted by molar-refractivity contribution is 7.91. The monoisotopic (exact) mass is 406 g/mol. The van der Waals surface area contributed by atoms with Crippen LogP contribution in [0.25, 0.3) is 0 Å². The minimum absolute atomic E-state index is 0.0512. The largest absolute Gasteiger partial charge is 0.465 e. The van der Waals surface area contributed by atoms with Crippen LogP contribution in [0.15, 0.2) is 58.3 Å². The van der Waals surface area contributed by atoms with Crippen molar-refractivity contribution in [1.82, 2.24) is 0 Å². The van der Waals surface area contributed by atoms with Crippen LogP contribution in [0.3, 0.4) is 0 Å². The average Bonchev–Trinajstić information content (AvgIpc) is 2.66. The third-order valence-electron chi connectivity index (χ3n) is 3.79. The Balaban J connectivity index is 2.29. The Hall–Kier alpha value is -3.27. The number of ether oxygens (including phenoxy) is 1. The summed E-state index contributed by atoms with van der Waals surface area (Å²) < 4.78 is 30.2. The average molecular weight is 406 g/mol. The number of carbonyl (C=O) groups excluding carboxylic acids is 2. The number of carbonyl (C=O) groups is 2. The lowest BCUT2D eigenvalue weighted by Crippen LogP contribution is -2.34. The highest BCUT2D eigenvalue weighted by Crippen LogP contribution is 2.25. The van der Waals surface area contributed by atoms with Crippen LogP contribution in [0, 0.1) is 10.1 Å². The van der Waals surface area contributed by atoms with E-state index in [0.29, 0.717) is 5.69 Å². The lowest BCUT2D eigenvalue weighted by molar-refractivity contribution is -0.384. The van der Waals surface area contributed by atoms with Gasteiger partial charge in [-0.05, 0) is 43.3 Å². The van der Waals surface area contributed by atoms with Crippen LogP contribution in [0.2, 0.25) is 0 Å². The van der Waals surface area contributed by atoms with Crippen molar-refractivity contribution in [3.8, 4) is 0 Å². The van der Waals surface area contributed by atoms with Crippen molar-refractivity contribution < 1.29 is 27.7 Å². The highest BCUT2D eigenvalue weighted by Gasteiger charge is 2.21. The van der Waals surface area contributed by atoms with Gasteiger partial charge in [-0.25, -0.2) is 8.42 Å². The summed E-state index contributed by atoms with van der Waals surface area (Å²) >= 11 is 0. The standard InChI is InChI=1S/C18H18N2O7S/c1-3-27-18(22)12-19(13(2)21)14-4-8-16(9-5-14)28(25,26)17-10-6-15(7-11-17)20(23)24/h4-11H,3,12H2,1-2H3. The maximum atomic E-state index is 12.7.